The number of rotatable bonds is 8. The van der Waals surface area contributed by atoms with Gasteiger partial charge in [-0.05, 0) is 42.0 Å². The van der Waals surface area contributed by atoms with Gasteiger partial charge < -0.3 is 9.47 Å². The van der Waals surface area contributed by atoms with E-state index in [1.807, 2.05) is 30.3 Å². The Morgan fingerprint density at radius 1 is 0.862 bits per heavy atom. The number of carbonyl (C=O) groups is 1. The molecule has 1 amide bonds. The third kappa shape index (κ3) is 6.52. The summed E-state index contributed by atoms with van der Waals surface area (Å²) in [6.45, 7) is 0.300. The van der Waals surface area contributed by atoms with Gasteiger partial charge in [0.25, 0.3) is 5.91 Å². The van der Waals surface area contributed by atoms with E-state index in [-0.39, 0.29) is 6.61 Å². The Morgan fingerprint density at radius 2 is 1.48 bits per heavy atom. The zero-order valence-electron chi connectivity index (χ0n) is 15.3. The Hall–Kier alpha value is -3.02. The van der Waals surface area contributed by atoms with E-state index < -0.39 is 5.91 Å². The fourth-order valence-corrected chi connectivity index (χ4v) is 2.85. The number of hydrogen-bond donors (Lipinski definition) is 1. The highest BCUT2D eigenvalue weighted by atomic mass is 35.5. The average Bonchev–Trinajstić information content (AvgIpc) is 2.74. The molecule has 148 valence electrons. The van der Waals surface area contributed by atoms with E-state index in [0.29, 0.717) is 33.7 Å². The van der Waals surface area contributed by atoms with Gasteiger partial charge in [0.2, 0.25) is 0 Å². The first kappa shape index (κ1) is 20.7. The maximum atomic E-state index is 11.9. The van der Waals surface area contributed by atoms with E-state index in [1.54, 1.807) is 42.5 Å². The van der Waals surface area contributed by atoms with Crippen LogP contribution in [-0.4, -0.2) is 18.7 Å². The zero-order valence-corrected chi connectivity index (χ0v) is 16.9. The molecule has 0 bridgehead atoms. The van der Waals surface area contributed by atoms with Crippen LogP contribution in [0.5, 0.6) is 11.5 Å². The van der Waals surface area contributed by atoms with Crippen molar-refractivity contribution in [2.75, 3.05) is 6.61 Å². The second-order valence-electron chi connectivity index (χ2n) is 5.96. The number of hydrogen-bond acceptors (Lipinski definition) is 4. The summed E-state index contributed by atoms with van der Waals surface area (Å²) in [6.07, 6.45) is 1.39. The van der Waals surface area contributed by atoms with E-state index in [2.05, 4.69) is 10.5 Å². The number of halogens is 2. The van der Waals surface area contributed by atoms with E-state index in [4.69, 9.17) is 32.7 Å². The topological polar surface area (TPSA) is 59.9 Å². The molecule has 0 unspecified atom stereocenters. The van der Waals surface area contributed by atoms with E-state index >= 15 is 0 Å². The number of amides is 1. The minimum Gasteiger partial charge on any atom is -0.489 e. The average molecular weight is 429 g/mol. The van der Waals surface area contributed by atoms with Crippen molar-refractivity contribution in [1.29, 1.82) is 0 Å². The zero-order chi connectivity index (χ0) is 20.5. The van der Waals surface area contributed by atoms with E-state index in [9.17, 15) is 4.79 Å². The fourth-order valence-electron chi connectivity index (χ4n) is 2.36. The van der Waals surface area contributed by atoms with Crippen LogP contribution >= 0.6 is 23.2 Å². The predicted molar refractivity (Wildman–Crippen MR) is 115 cm³/mol. The molecular weight excluding hydrogens is 411 g/mol. The number of carbonyl (C=O) groups excluding carboxylic acids is 1. The number of nitrogens with one attached hydrogen (secondary N) is 1. The smallest absolute Gasteiger partial charge is 0.277 e. The Bertz CT molecular complexity index is 957. The molecule has 0 saturated carbocycles. The molecule has 7 heteroatoms. The van der Waals surface area contributed by atoms with Crippen LogP contribution in [0.2, 0.25) is 10.0 Å². The van der Waals surface area contributed by atoms with Crippen LogP contribution < -0.4 is 14.9 Å². The minimum absolute atomic E-state index is 0.183. The van der Waals surface area contributed by atoms with Gasteiger partial charge in [0, 0.05) is 5.56 Å². The molecule has 0 heterocycles. The first-order valence-electron chi connectivity index (χ1n) is 8.77. The monoisotopic (exact) mass is 428 g/mol. The quantitative estimate of drug-likeness (QED) is 0.400. The minimum atomic E-state index is -0.408. The van der Waals surface area contributed by atoms with E-state index in [0.717, 1.165) is 5.56 Å². The maximum absolute atomic E-state index is 11.9. The maximum Gasteiger partial charge on any atom is 0.277 e. The third-order valence-electron chi connectivity index (χ3n) is 3.82. The van der Waals surface area contributed by atoms with Gasteiger partial charge in [-0.25, -0.2) is 5.43 Å². The van der Waals surface area contributed by atoms with Gasteiger partial charge in [-0.3, -0.25) is 4.79 Å². The Balaban J connectivity index is 1.43. The summed E-state index contributed by atoms with van der Waals surface area (Å²) >= 11 is 12.1. The second kappa shape index (κ2) is 10.5. The lowest BCUT2D eigenvalue weighted by Crippen LogP contribution is -2.24. The standard InChI is InChI=1S/C22H18Cl2N2O3/c23-20-7-4-8-21(24)19(20)13-25-26-22(27)15-29-18-11-9-17(10-12-18)28-14-16-5-2-1-3-6-16/h1-13H,14-15H2,(H,26,27). The molecule has 0 spiro atoms. The van der Waals surface area contributed by atoms with Gasteiger partial charge in [0.1, 0.15) is 18.1 Å². The molecule has 0 aromatic heterocycles. The van der Waals surface area contributed by atoms with Crippen LogP contribution in [0.4, 0.5) is 0 Å². The summed E-state index contributed by atoms with van der Waals surface area (Å²) in [5, 5.41) is 4.74. The predicted octanol–water partition coefficient (Wildman–Crippen LogP) is 5.10. The van der Waals surface area contributed by atoms with Crippen molar-refractivity contribution in [2.24, 2.45) is 5.10 Å². The van der Waals surface area contributed by atoms with Crippen molar-refractivity contribution in [3.8, 4) is 11.5 Å². The summed E-state index contributed by atoms with van der Waals surface area (Å²) in [4.78, 5) is 11.9. The molecule has 1 N–H and O–H groups in total. The molecule has 0 atom stereocenters. The highest BCUT2D eigenvalue weighted by Gasteiger charge is 2.04. The molecule has 0 saturated heterocycles. The third-order valence-corrected chi connectivity index (χ3v) is 4.48. The molecule has 3 aromatic rings. The fraction of sp³-hybridized carbons (Fsp3) is 0.0909. The van der Waals surface area contributed by atoms with E-state index in [1.165, 1.54) is 6.21 Å². The number of ether oxygens (including phenoxy) is 2. The lowest BCUT2D eigenvalue weighted by atomic mass is 10.2. The highest BCUT2D eigenvalue weighted by Crippen LogP contribution is 2.22. The summed E-state index contributed by atoms with van der Waals surface area (Å²) in [6, 6.07) is 22.0. The molecule has 0 fully saturated rings. The van der Waals surface area contributed by atoms with Gasteiger partial charge in [0.05, 0.1) is 16.3 Å². The molecule has 0 aliphatic carbocycles. The molecule has 3 rings (SSSR count). The first-order valence-corrected chi connectivity index (χ1v) is 9.53. The first-order chi connectivity index (χ1) is 14.1. The normalized spacial score (nSPS) is 10.7. The molecule has 0 radical (unpaired) electrons. The van der Waals surface area contributed by atoms with Crippen LogP contribution in [-0.2, 0) is 11.4 Å². The molecule has 29 heavy (non-hydrogen) atoms. The SMILES string of the molecule is O=C(COc1ccc(OCc2ccccc2)cc1)NN=Cc1c(Cl)cccc1Cl. The lowest BCUT2D eigenvalue weighted by Gasteiger charge is -2.08. The van der Waals surface area contributed by atoms with Crippen LogP contribution in [0.15, 0.2) is 77.9 Å². The van der Waals surface area contributed by atoms with Crippen LogP contribution in [0.1, 0.15) is 11.1 Å². The van der Waals surface area contributed by atoms with Crippen LogP contribution in [0.3, 0.4) is 0 Å². The van der Waals surface area contributed by atoms with Crippen molar-refractivity contribution in [1.82, 2.24) is 5.43 Å². The summed E-state index contributed by atoms with van der Waals surface area (Å²) in [7, 11) is 0. The summed E-state index contributed by atoms with van der Waals surface area (Å²) in [5.41, 5.74) is 3.99. The van der Waals surface area contributed by atoms with Crippen molar-refractivity contribution >= 4 is 35.3 Å². The Morgan fingerprint density at radius 3 is 2.14 bits per heavy atom. The van der Waals surface area contributed by atoms with Gasteiger partial charge in [0.15, 0.2) is 6.61 Å². The largest absolute Gasteiger partial charge is 0.489 e. The molecular formula is C22H18Cl2N2O3. The summed E-state index contributed by atoms with van der Waals surface area (Å²) < 4.78 is 11.2. The van der Waals surface area contributed by atoms with Crippen LogP contribution in [0, 0.1) is 0 Å². The lowest BCUT2D eigenvalue weighted by molar-refractivity contribution is -0.123. The van der Waals surface area contributed by atoms with Gasteiger partial charge >= 0.3 is 0 Å². The molecule has 3 aromatic carbocycles. The summed E-state index contributed by atoms with van der Waals surface area (Å²) in [5.74, 6) is 0.853. The van der Waals surface area contributed by atoms with Crippen molar-refractivity contribution in [3.63, 3.8) is 0 Å². The highest BCUT2D eigenvalue weighted by molar-refractivity contribution is 6.38. The van der Waals surface area contributed by atoms with Crippen molar-refractivity contribution in [3.05, 3.63) is 94.0 Å². The molecule has 0 aliphatic rings. The van der Waals surface area contributed by atoms with Crippen LogP contribution in [0.25, 0.3) is 0 Å². The number of hydrazone groups is 1. The second-order valence-corrected chi connectivity index (χ2v) is 6.78. The Labute approximate surface area is 178 Å². The number of nitrogens with zero attached hydrogens (tertiary/aromatic N) is 1. The van der Waals surface area contributed by atoms with Gasteiger partial charge in [-0.2, -0.15) is 5.10 Å². The number of benzene rings is 3. The molecule has 5 nitrogen and oxygen atoms in total. The Kier molecular flexibility index (Phi) is 7.50. The van der Waals surface area contributed by atoms with Crippen molar-refractivity contribution in [2.45, 2.75) is 6.61 Å². The molecule has 0 aliphatic heterocycles. The van der Waals surface area contributed by atoms with Gasteiger partial charge in [-0.15, -0.1) is 0 Å². The van der Waals surface area contributed by atoms with Gasteiger partial charge in [-0.1, -0.05) is 59.6 Å². The van der Waals surface area contributed by atoms with Crippen molar-refractivity contribution < 1.29 is 14.3 Å².